The van der Waals surface area contributed by atoms with Gasteiger partial charge in [0, 0.05) is 36.3 Å². The number of alkyl carbamates (subject to hydrolysis) is 2. The average molecular weight is 779 g/mol. The molecule has 0 aromatic carbocycles. The highest BCUT2D eigenvalue weighted by molar-refractivity contribution is 6.04. The van der Waals surface area contributed by atoms with E-state index in [4.69, 9.17) is 14.2 Å². The van der Waals surface area contributed by atoms with Crippen molar-refractivity contribution in [2.75, 3.05) is 14.2 Å². The second kappa shape index (κ2) is 15.3. The molecule has 0 aliphatic heterocycles. The van der Waals surface area contributed by atoms with Crippen molar-refractivity contribution in [2.24, 2.45) is 21.8 Å². The summed E-state index contributed by atoms with van der Waals surface area (Å²) in [6.45, 7) is 11.1. The van der Waals surface area contributed by atoms with Crippen LogP contribution in [0, 0.1) is 16.7 Å². The van der Waals surface area contributed by atoms with E-state index in [1.54, 1.807) is 28.9 Å². The molecule has 56 heavy (non-hydrogen) atoms. The van der Waals surface area contributed by atoms with E-state index < -0.39 is 29.5 Å². The molecule has 3 heterocycles. The first-order valence-corrected chi connectivity index (χ1v) is 19.0. The van der Waals surface area contributed by atoms with Crippen molar-refractivity contribution < 1.29 is 38.1 Å². The fraction of sp³-hybridized carbons (Fsp3) is 0.615. The third-order valence-electron chi connectivity index (χ3n) is 11.0. The minimum Gasteiger partial charge on any atom is -0.452 e. The lowest BCUT2D eigenvalue weighted by Crippen LogP contribution is -2.58. The van der Waals surface area contributed by atoms with Gasteiger partial charge in [-0.15, -0.1) is 0 Å². The van der Waals surface area contributed by atoms with Gasteiger partial charge in [0.2, 0.25) is 0 Å². The minimum atomic E-state index is -0.687. The number of nitrogens with zero attached hydrogens (tertiary/aromatic N) is 4. The van der Waals surface area contributed by atoms with Gasteiger partial charge in [-0.1, -0.05) is 0 Å². The van der Waals surface area contributed by atoms with Gasteiger partial charge >= 0.3 is 30.1 Å². The lowest BCUT2D eigenvalue weighted by atomic mass is 9.49. The highest BCUT2D eigenvalue weighted by atomic mass is 16.6. The van der Waals surface area contributed by atoms with Gasteiger partial charge in [-0.05, 0) is 128 Å². The Bertz CT molecular complexity index is 2020. The summed E-state index contributed by atoms with van der Waals surface area (Å²) in [6, 6.07) is 7.58. The summed E-state index contributed by atoms with van der Waals surface area (Å²) in [4.78, 5) is 59.2. The molecule has 0 atom stereocenters. The Morgan fingerprint density at radius 2 is 1.34 bits per heavy atom. The summed E-state index contributed by atoms with van der Waals surface area (Å²) < 4.78 is 23.0. The molecule has 4 saturated carbocycles. The van der Waals surface area contributed by atoms with Gasteiger partial charge in [-0.3, -0.25) is 8.97 Å². The molecular formula is C39H54N8O9. The number of nitrogens with one attached hydrogen (secondary N) is 4. The zero-order valence-electron chi connectivity index (χ0n) is 33.4. The fourth-order valence-electron chi connectivity index (χ4n) is 8.79. The normalized spacial score (nSPS) is 26.6. The molecule has 0 saturated heterocycles. The van der Waals surface area contributed by atoms with Gasteiger partial charge in [0.15, 0.2) is 0 Å². The number of hydrogen-bond donors (Lipinski definition) is 4. The largest absolute Gasteiger partial charge is 0.452 e. The molecule has 4 fully saturated rings. The van der Waals surface area contributed by atoms with E-state index in [9.17, 15) is 24.0 Å². The predicted octanol–water partition coefficient (Wildman–Crippen LogP) is 5.82. The zero-order valence-corrected chi connectivity index (χ0v) is 33.4. The van der Waals surface area contributed by atoms with Gasteiger partial charge in [0.1, 0.15) is 11.2 Å². The molecule has 4 aliphatic rings. The van der Waals surface area contributed by atoms with Crippen molar-refractivity contribution >= 4 is 35.6 Å². The number of aromatic amines is 1. The van der Waals surface area contributed by atoms with Crippen LogP contribution < -0.4 is 21.7 Å². The molecule has 17 nitrogen and oxygen atoms in total. The van der Waals surface area contributed by atoms with Crippen molar-refractivity contribution in [1.29, 1.82) is 0 Å². The van der Waals surface area contributed by atoms with Crippen LogP contribution in [0.5, 0.6) is 0 Å². The summed E-state index contributed by atoms with van der Waals surface area (Å²) >= 11 is 0. The first kappa shape index (κ1) is 40.3. The highest BCUT2D eigenvalue weighted by Crippen LogP contribution is 2.62. The second-order valence-corrected chi connectivity index (χ2v) is 17.7. The number of rotatable bonds is 6. The van der Waals surface area contributed by atoms with E-state index in [2.05, 4.69) is 36.1 Å². The number of H-pyrrole nitrogens is 1. The minimum absolute atomic E-state index is 0.0536. The molecule has 7 rings (SSSR count). The molecule has 4 aliphatic carbocycles. The number of hydrazone groups is 1. The predicted molar refractivity (Wildman–Crippen MR) is 204 cm³/mol. The van der Waals surface area contributed by atoms with E-state index in [0.717, 1.165) is 62.6 Å². The zero-order chi connectivity index (χ0) is 40.6. The molecule has 0 bridgehead atoms. The van der Waals surface area contributed by atoms with Crippen molar-refractivity contribution in [3.63, 3.8) is 0 Å². The standard InChI is InChI=1S/C21H30N4O6.C18H24N4O3/c1-20(2,3)31-17(26)22-14-11-21(12-14)9-13(10-21)16(23-24-18(27)29-4)15-7-6-8-25(15)19(28)30-5;1-17(2,3)25-16(24)19-12-9-18(10-12)7-11(8-18)14-13-5-4-6-22(13)15(23)21-20-14/h6-8,13-14H,9-12H2,1-5H3,(H,22,26)(H,24,27);4-6,11-12H,7-10H2,1-3H3,(H,19,24)(H,21,23)/b23-16+;. The van der Waals surface area contributed by atoms with Gasteiger partial charge in [0.25, 0.3) is 0 Å². The number of methoxy groups -OCH3 is 2. The first-order chi connectivity index (χ1) is 26.3. The van der Waals surface area contributed by atoms with Gasteiger partial charge in [-0.2, -0.15) is 10.2 Å². The van der Waals surface area contributed by atoms with Crippen LogP contribution in [0.3, 0.4) is 0 Å². The second-order valence-electron chi connectivity index (χ2n) is 17.7. The van der Waals surface area contributed by atoms with E-state index in [-0.39, 0.29) is 35.2 Å². The number of carbonyl (C=O) groups excluding carboxylic acids is 4. The summed E-state index contributed by atoms with van der Waals surface area (Å²) in [6.07, 6.45) is 8.89. The van der Waals surface area contributed by atoms with Crippen molar-refractivity contribution in [1.82, 2.24) is 35.2 Å². The number of ether oxygens (including phenoxy) is 4. The van der Waals surface area contributed by atoms with Crippen molar-refractivity contribution in [3.8, 4) is 0 Å². The molecule has 0 unspecified atom stereocenters. The third-order valence-corrected chi connectivity index (χ3v) is 11.0. The SMILES string of the molecule is CC(C)(C)OC(=O)NC1CC2(C1)CC(c1n[nH]c(=O)n3cccc13)C2.COC(=O)N/N=C(/c1cccn1C(=O)OC)C1CC2(CC(NC(=O)OC(C)(C)C)C2)C1. The van der Waals surface area contributed by atoms with E-state index in [1.165, 1.54) is 18.8 Å². The van der Waals surface area contributed by atoms with Gasteiger partial charge in [0.05, 0.1) is 36.8 Å². The van der Waals surface area contributed by atoms with Crippen LogP contribution in [0.15, 0.2) is 46.6 Å². The van der Waals surface area contributed by atoms with Crippen LogP contribution in [-0.2, 0) is 18.9 Å². The lowest BCUT2D eigenvalue weighted by molar-refractivity contribution is -0.0295. The van der Waals surface area contributed by atoms with Crippen LogP contribution in [0.1, 0.15) is 110 Å². The summed E-state index contributed by atoms with van der Waals surface area (Å²) in [5, 5.41) is 17.0. The third kappa shape index (κ3) is 9.02. The topological polar surface area (TPSA) is 209 Å². The summed E-state index contributed by atoms with van der Waals surface area (Å²) in [7, 11) is 2.56. The van der Waals surface area contributed by atoms with Crippen LogP contribution in [0.25, 0.3) is 5.52 Å². The van der Waals surface area contributed by atoms with E-state index in [1.807, 2.05) is 53.7 Å². The summed E-state index contributed by atoms with van der Waals surface area (Å²) in [5.74, 6) is 0.426. The maximum absolute atomic E-state index is 12.1. The Morgan fingerprint density at radius 3 is 1.88 bits per heavy atom. The van der Waals surface area contributed by atoms with Crippen LogP contribution >= 0.6 is 0 Å². The maximum Gasteiger partial charge on any atom is 0.427 e. The fourth-order valence-corrected chi connectivity index (χ4v) is 8.79. The van der Waals surface area contributed by atoms with Gasteiger partial charge in [-0.25, -0.2) is 34.5 Å². The maximum atomic E-state index is 12.1. The monoisotopic (exact) mass is 778 g/mol. The number of fused-ring (bicyclic) bond motifs is 1. The van der Waals surface area contributed by atoms with Crippen molar-refractivity contribution in [2.45, 2.75) is 122 Å². The van der Waals surface area contributed by atoms with Crippen molar-refractivity contribution in [3.05, 3.63) is 58.5 Å². The number of amides is 3. The molecule has 17 heteroatoms. The van der Waals surface area contributed by atoms with Crippen LogP contribution in [-0.4, -0.2) is 86.8 Å². The molecule has 4 N–H and O–H groups in total. The molecule has 0 radical (unpaired) electrons. The Balaban J connectivity index is 0.000000194. The molecular weight excluding hydrogens is 724 g/mol. The number of carbonyl (C=O) groups is 4. The Morgan fingerprint density at radius 1 is 0.786 bits per heavy atom. The summed E-state index contributed by atoms with van der Waals surface area (Å²) in [5.41, 5.74) is 4.62. The molecule has 3 amide bonds. The van der Waals surface area contributed by atoms with Gasteiger partial charge < -0.3 is 29.6 Å². The Kier molecular flexibility index (Phi) is 11.0. The molecule has 304 valence electrons. The smallest absolute Gasteiger partial charge is 0.427 e. The first-order valence-electron chi connectivity index (χ1n) is 19.0. The van der Waals surface area contributed by atoms with Crippen LogP contribution in [0.2, 0.25) is 0 Å². The number of aromatic nitrogens is 4. The Labute approximate surface area is 325 Å². The van der Waals surface area contributed by atoms with E-state index in [0.29, 0.717) is 22.7 Å². The Hall–Kier alpha value is -5.35. The lowest BCUT2D eigenvalue weighted by Gasteiger charge is -2.57. The average Bonchev–Trinajstić information content (AvgIpc) is 3.73. The molecule has 3 aromatic heterocycles. The number of hydrogen-bond acceptors (Lipinski definition) is 11. The molecule has 2 spiro atoms. The molecule has 3 aromatic rings. The van der Waals surface area contributed by atoms with Crippen LogP contribution in [0.4, 0.5) is 19.2 Å². The van der Waals surface area contributed by atoms with E-state index >= 15 is 0 Å². The highest BCUT2D eigenvalue weighted by Gasteiger charge is 2.56. The quantitative estimate of drug-likeness (QED) is 0.134.